The van der Waals surface area contributed by atoms with Crippen molar-refractivity contribution in [2.75, 3.05) is 18.2 Å². The van der Waals surface area contributed by atoms with Gasteiger partial charge in [0.25, 0.3) is 0 Å². The summed E-state index contributed by atoms with van der Waals surface area (Å²) in [5, 5.41) is 12.0. The standard InChI is InChI=1S/C19H20N4O3S/c1-4-9-23-18(16-8-10-26-13(16)2)21-22-19(23)27-12-17(24)20-14-6-5-7-15(11-14)25-3/h4-8,10-11H,1,9,12H2,2-3H3,(H,20,24). The fourth-order valence-corrected chi connectivity index (χ4v) is 3.28. The van der Waals surface area contributed by atoms with Crippen molar-refractivity contribution in [2.45, 2.75) is 18.6 Å². The summed E-state index contributed by atoms with van der Waals surface area (Å²) in [6, 6.07) is 9.07. The summed E-state index contributed by atoms with van der Waals surface area (Å²) in [5.41, 5.74) is 1.55. The smallest absolute Gasteiger partial charge is 0.234 e. The Hall–Kier alpha value is -3.00. The van der Waals surface area contributed by atoms with E-state index in [1.165, 1.54) is 11.8 Å². The second-order valence-corrected chi connectivity index (χ2v) is 6.61. The van der Waals surface area contributed by atoms with Gasteiger partial charge in [0, 0.05) is 18.3 Å². The monoisotopic (exact) mass is 384 g/mol. The highest BCUT2D eigenvalue weighted by Gasteiger charge is 2.17. The van der Waals surface area contributed by atoms with Gasteiger partial charge in [0.2, 0.25) is 5.91 Å². The molecule has 3 aromatic rings. The number of carbonyl (C=O) groups is 1. The van der Waals surface area contributed by atoms with Crippen LogP contribution in [0.15, 0.2) is 58.8 Å². The molecule has 140 valence electrons. The highest BCUT2D eigenvalue weighted by atomic mass is 32.2. The summed E-state index contributed by atoms with van der Waals surface area (Å²) in [6.45, 7) is 6.19. The van der Waals surface area contributed by atoms with Crippen LogP contribution in [0, 0.1) is 6.92 Å². The van der Waals surface area contributed by atoms with Crippen LogP contribution >= 0.6 is 11.8 Å². The summed E-state index contributed by atoms with van der Waals surface area (Å²) >= 11 is 1.32. The van der Waals surface area contributed by atoms with E-state index in [0.717, 1.165) is 11.3 Å². The normalized spacial score (nSPS) is 10.6. The number of aryl methyl sites for hydroxylation is 1. The molecule has 0 aliphatic heterocycles. The first-order chi connectivity index (χ1) is 13.1. The number of aromatic nitrogens is 3. The molecule has 0 aliphatic rings. The maximum atomic E-state index is 12.3. The van der Waals surface area contributed by atoms with Crippen molar-refractivity contribution in [1.29, 1.82) is 0 Å². The molecule has 0 radical (unpaired) electrons. The van der Waals surface area contributed by atoms with E-state index in [0.29, 0.717) is 29.0 Å². The lowest BCUT2D eigenvalue weighted by molar-refractivity contribution is -0.113. The number of carbonyl (C=O) groups excluding carboxylic acids is 1. The molecule has 27 heavy (non-hydrogen) atoms. The second-order valence-electron chi connectivity index (χ2n) is 5.66. The van der Waals surface area contributed by atoms with E-state index in [2.05, 4.69) is 22.1 Å². The maximum absolute atomic E-state index is 12.3. The number of nitrogens with one attached hydrogen (secondary N) is 1. The molecule has 0 spiro atoms. The van der Waals surface area contributed by atoms with E-state index in [4.69, 9.17) is 9.15 Å². The molecule has 0 unspecified atom stereocenters. The van der Waals surface area contributed by atoms with Gasteiger partial charge in [-0.1, -0.05) is 23.9 Å². The topological polar surface area (TPSA) is 82.2 Å². The lowest BCUT2D eigenvalue weighted by atomic mass is 10.2. The number of amides is 1. The van der Waals surface area contributed by atoms with Crippen LogP contribution < -0.4 is 10.1 Å². The van der Waals surface area contributed by atoms with Gasteiger partial charge in [-0.15, -0.1) is 16.8 Å². The van der Waals surface area contributed by atoms with E-state index in [9.17, 15) is 4.79 Å². The van der Waals surface area contributed by atoms with Gasteiger partial charge in [-0.2, -0.15) is 0 Å². The van der Waals surface area contributed by atoms with Crippen LogP contribution in [0.3, 0.4) is 0 Å². The molecule has 8 heteroatoms. The Labute approximate surface area is 161 Å². The van der Waals surface area contributed by atoms with Crippen LogP contribution in [-0.4, -0.2) is 33.5 Å². The Morgan fingerprint density at radius 2 is 2.26 bits per heavy atom. The van der Waals surface area contributed by atoms with E-state index in [1.807, 2.05) is 35.8 Å². The zero-order valence-electron chi connectivity index (χ0n) is 15.1. The van der Waals surface area contributed by atoms with E-state index in [1.54, 1.807) is 25.5 Å². The third-order valence-corrected chi connectivity index (χ3v) is 4.78. The zero-order valence-corrected chi connectivity index (χ0v) is 16.0. The summed E-state index contributed by atoms with van der Waals surface area (Å²) in [7, 11) is 1.59. The van der Waals surface area contributed by atoms with Crippen LogP contribution in [0.4, 0.5) is 5.69 Å². The third kappa shape index (κ3) is 4.40. The number of anilines is 1. The summed E-state index contributed by atoms with van der Waals surface area (Å²) < 4.78 is 12.4. The van der Waals surface area contributed by atoms with Crippen LogP contribution in [-0.2, 0) is 11.3 Å². The molecule has 7 nitrogen and oxygen atoms in total. The Morgan fingerprint density at radius 1 is 1.41 bits per heavy atom. The number of thioether (sulfide) groups is 1. The number of rotatable bonds is 8. The lowest BCUT2D eigenvalue weighted by Gasteiger charge is -2.08. The molecule has 0 saturated carbocycles. The second kappa shape index (κ2) is 8.59. The molecule has 3 rings (SSSR count). The Kier molecular flexibility index (Phi) is 5.97. The van der Waals surface area contributed by atoms with Crippen LogP contribution in [0.5, 0.6) is 5.75 Å². The van der Waals surface area contributed by atoms with E-state index >= 15 is 0 Å². The number of methoxy groups -OCH3 is 1. The average Bonchev–Trinajstić information content (AvgIpc) is 3.26. The van der Waals surface area contributed by atoms with Crippen molar-refractivity contribution < 1.29 is 13.9 Å². The first-order valence-electron chi connectivity index (χ1n) is 8.27. The van der Waals surface area contributed by atoms with Crippen molar-refractivity contribution >= 4 is 23.4 Å². The van der Waals surface area contributed by atoms with Gasteiger partial charge >= 0.3 is 0 Å². The molecule has 1 aromatic carbocycles. The number of nitrogens with zero attached hydrogens (tertiary/aromatic N) is 3. The van der Waals surface area contributed by atoms with Crippen molar-refractivity contribution in [3.63, 3.8) is 0 Å². The van der Waals surface area contributed by atoms with Crippen molar-refractivity contribution in [1.82, 2.24) is 14.8 Å². The maximum Gasteiger partial charge on any atom is 0.234 e. The zero-order chi connectivity index (χ0) is 19.2. The lowest BCUT2D eigenvalue weighted by Crippen LogP contribution is -2.14. The fourth-order valence-electron chi connectivity index (χ4n) is 2.53. The predicted octanol–water partition coefficient (Wildman–Crippen LogP) is 3.77. The highest BCUT2D eigenvalue weighted by molar-refractivity contribution is 7.99. The summed E-state index contributed by atoms with van der Waals surface area (Å²) in [4.78, 5) is 12.3. The highest BCUT2D eigenvalue weighted by Crippen LogP contribution is 2.27. The van der Waals surface area contributed by atoms with Crippen molar-refractivity contribution in [2.24, 2.45) is 0 Å². The molecule has 0 atom stereocenters. The van der Waals surface area contributed by atoms with Crippen molar-refractivity contribution in [3.8, 4) is 17.1 Å². The molecule has 0 saturated heterocycles. The first kappa shape index (κ1) is 18.8. The number of furan rings is 1. The molecule has 1 amide bonds. The third-order valence-electron chi connectivity index (χ3n) is 3.81. The Balaban J connectivity index is 1.70. The number of allylic oxidation sites excluding steroid dienone is 1. The molecular formula is C19H20N4O3S. The van der Waals surface area contributed by atoms with Gasteiger partial charge in [-0.25, -0.2) is 0 Å². The predicted molar refractivity (Wildman–Crippen MR) is 105 cm³/mol. The van der Waals surface area contributed by atoms with E-state index < -0.39 is 0 Å². The average molecular weight is 384 g/mol. The first-order valence-corrected chi connectivity index (χ1v) is 9.26. The van der Waals surface area contributed by atoms with Gasteiger partial charge in [0.05, 0.1) is 24.7 Å². The van der Waals surface area contributed by atoms with Crippen LogP contribution in [0.1, 0.15) is 5.76 Å². The largest absolute Gasteiger partial charge is 0.497 e. The summed E-state index contributed by atoms with van der Waals surface area (Å²) in [6.07, 6.45) is 3.38. The minimum Gasteiger partial charge on any atom is -0.497 e. The quantitative estimate of drug-likeness (QED) is 0.470. The van der Waals surface area contributed by atoms with Gasteiger partial charge in [0.1, 0.15) is 11.5 Å². The molecule has 1 N–H and O–H groups in total. The van der Waals surface area contributed by atoms with Crippen molar-refractivity contribution in [3.05, 3.63) is 55.0 Å². The molecule has 0 aliphatic carbocycles. The number of hydrogen-bond donors (Lipinski definition) is 1. The summed E-state index contributed by atoms with van der Waals surface area (Å²) in [5.74, 6) is 2.21. The van der Waals surface area contributed by atoms with Gasteiger partial charge in [0.15, 0.2) is 11.0 Å². The Morgan fingerprint density at radius 3 is 2.96 bits per heavy atom. The van der Waals surface area contributed by atoms with Crippen LogP contribution in [0.2, 0.25) is 0 Å². The minimum atomic E-state index is -0.137. The molecule has 0 fully saturated rings. The SMILES string of the molecule is C=CCn1c(SCC(=O)Nc2cccc(OC)c2)nnc1-c1ccoc1C. The van der Waals surface area contributed by atoms with Gasteiger partial charge < -0.3 is 14.5 Å². The molecular weight excluding hydrogens is 364 g/mol. The minimum absolute atomic E-state index is 0.137. The molecule has 2 aromatic heterocycles. The molecule has 2 heterocycles. The van der Waals surface area contributed by atoms with Crippen LogP contribution in [0.25, 0.3) is 11.4 Å². The Bertz CT molecular complexity index is 948. The molecule has 0 bridgehead atoms. The number of benzene rings is 1. The fraction of sp³-hybridized carbons (Fsp3) is 0.211. The van der Waals surface area contributed by atoms with Gasteiger partial charge in [-0.05, 0) is 25.1 Å². The number of ether oxygens (including phenoxy) is 1. The number of hydrogen-bond acceptors (Lipinski definition) is 6. The van der Waals surface area contributed by atoms with Gasteiger partial charge in [-0.3, -0.25) is 9.36 Å². The van der Waals surface area contributed by atoms with E-state index in [-0.39, 0.29) is 11.7 Å².